The fourth-order valence-corrected chi connectivity index (χ4v) is 4.64. The molecule has 0 saturated heterocycles. The number of methoxy groups -OCH3 is 1. The van der Waals surface area contributed by atoms with Crippen molar-refractivity contribution in [1.29, 1.82) is 0 Å². The zero-order chi connectivity index (χ0) is 25.1. The monoisotopic (exact) mass is 493 g/mol. The van der Waals surface area contributed by atoms with E-state index in [0.717, 1.165) is 28.1 Å². The van der Waals surface area contributed by atoms with Gasteiger partial charge >= 0.3 is 0 Å². The Labute approximate surface area is 211 Å². The van der Waals surface area contributed by atoms with Crippen LogP contribution >= 0.6 is 11.3 Å². The first kappa shape index (κ1) is 23.3. The summed E-state index contributed by atoms with van der Waals surface area (Å²) >= 11 is 1.23. The lowest BCUT2D eigenvalue weighted by Crippen LogP contribution is -2.20. The second-order valence-electron chi connectivity index (χ2n) is 8.25. The Morgan fingerprint density at radius 1 is 1.00 bits per heavy atom. The van der Waals surface area contributed by atoms with E-state index in [2.05, 4.69) is 4.98 Å². The van der Waals surface area contributed by atoms with E-state index in [1.807, 2.05) is 78.5 Å². The molecule has 2 heterocycles. The number of nitrogens with one attached hydrogen (secondary N) is 1. The molecule has 0 aliphatic heterocycles. The summed E-state index contributed by atoms with van der Waals surface area (Å²) in [6, 6.07) is 24.8. The zero-order valence-corrected chi connectivity index (χ0v) is 20.6. The van der Waals surface area contributed by atoms with Crippen LogP contribution in [0.15, 0.2) is 89.9 Å². The first-order valence-corrected chi connectivity index (χ1v) is 12.1. The van der Waals surface area contributed by atoms with Gasteiger partial charge in [-0.15, -0.1) is 11.3 Å². The second-order valence-corrected chi connectivity index (χ2v) is 9.33. The molecule has 1 N–H and O–H groups in total. The van der Waals surface area contributed by atoms with Crippen LogP contribution in [0.2, 0.25) is 0 Å². The largest absolute Gasteiger partial charge is 0.497 e. The molecule has 0 fully saturated rings. The summed E-state index contributed by atoms with van der Waals surface area (Å²) in [5, 5.41) is 4.82. The van der Waals surface area contributed by atoms with Gasteiger partial charge in [0.15, 0.2) is 5.78 Å². The minimum atomic E-state index is -0.254. The molecule has 3 aromatic carbocycles. The highest BCUT2D eigenvalue weighted by molar-refractivity contribution is 7.07. The number of nitrogens with zero attached hydrogens (tertiary/aromatic N) is 2. The number of rotatable bonds is 6. The summed E-state index contributed by atoms with van der Waals surface area (Å²) in [5.41, 5.74) is 4.87. The number of carbonyl (C=O) groups excluding carboxylic acids is 1. The highest BCUT2D eigenvalue weighted by Crippen LogP contribution is 2.24. The van der Waals surface area contributed by atoms with Crippen LogP contribution in [0.25, 0.3) is 29.1 Å². The molecule has 0 saturated carbocycles. The van der Waals surface area contributed by atoms with Gasteiger partial charge in [0.1, 0.15) is 5.75 Å². The van der Waals surface area contributed by atoms with Gasteiger partial charge in [0, 0.05) is 29.0 Å². The highest BCUT2D eigenvalue weighted by Gasteiger charge is 2.12. The molecule has 0 aliphatic carbocycles. The lowest BCUT2D eigenvalue weighted by molar-refractivity contribution is 0.106. The van der Waals surface area contributed by atoms with Crippen molar-refractivity contribution in [2.45, 2.75) is 6.92 Å². The molecule has 5 aromatic rings. The Kier molecular flexibility index (Phi) is 6.47. The van der Waals surface area contributed by atoms with Gasteiger partial charge in [-0.1, -0.05) is 48.0 Å². The average molecular weight is 494 g/mol. The maximum absolute atomic E-state index is 12.8. The Bertz CT molecular complexity index is 1690. The van der Waals surface area contributed by atoms with Gasteiger partial charge in [0.25, 0.3) is 5.56 Å². The number of H-pyrrole nitrogens is 1. The number of hydrogen-bond acceptors (Lipinski definition) is 5. The molecule has 0 bridgehead atoms. The minimum Gasteiger partial charge on any atom is -0.497 e. The summed E-state index contributed by atoms with van der Waals surface area (Å²) in [7, 11) is 1.57. The summed E-state index contributed by atoms with van der Waals surface area (Å²) in [6.07, 6.45) is 5.18. The third kappa shape index (κ3) is 4.96. The molecule has 0 aliphatic rings. The van der Waals surface area contributed by atoms with Crippen molar-refractivity contribution in [2.75, 3.05) is 7.11 Å². The first-order chi connectivity index (χ1) is 17.5. The molecule has 6 nitrogen and oxygen atoms in total. The standard InChI is InChI=1S/C29H23N3O3S/c1-19-8-10-21(11-9-19)28-22(18-32(31-28)23-6-4-3-5-7-23)16-26-29(34)30-27(36-26)17-25(33)20-12-14-24(35-2)15-13-20/h3-18H,1-2H3,(H,30,34)/b26-16+,27-17+. The molecule has 7 heteroatoms. The van der Waals surface area contributed by atoms with Crippen LogP contribution in [0.5, 0.6) is 5.75 Å². The topological polar surface area (TPSA) is 77.0 Å². The number of carbonyl (C=O) groups is 1. The molecule has 178 valence electrons. The fourth-order valence-electron chi connectivity index (χ4n) is 3.76. The second kappa shape index (κ2) is 10.0. The van der Waals surface area contributed by atoms with Crippen molar-refractivity contribution in [3.63, 3.8) is 0 Å². The van der Waals surface area contributed by atoms with Crippen molar-refractivity contribution in [1.82, 2.24) is 14.8 Å². The molecule has 0 unspecified atom stereocenters. The predicted molar refractivity (Wildman–Crippen MR) is 143 cm³/mol. The Hall–Kier alpha value is -4.49. The minimum absolute atomic E-state index is 0.195. The Balaban J connectivity index is 1.57. The van der Waals surface area contributed by atoms with Crippen molar-refractivity contribution in [3.8, 4) is 22.7 Å². The molecule has 0 atom stereocenters. The number of para-hydroxylation sites is 1. The van der Waals surface area contributed by atoms with E-state index in [1.54, 1.807) is 31.4 Å². The van der Waals surface area contributed by atoms with Gasteiger partial charge in [-0.25, -0.2) is 4.68 Å². The number of Topliss-reactive ketones (excluding diaryl/α,β-unsaturated/α-hetero) is 1. The van der Waals surface area contributed by atoms with Crippen molar-refractivity contribution >= 4 is 29.3 Å². The molecule has 0 radical (unpaired) electrons. The van der Waals surface area contributed by atoms with Crippen molar-refractivity contribution < 1.29 is 9.53 Å². The van der Waals surface area contributed by atoms with E-state index in [9.17, 15) is 9.59 Å². The lowest BCUT2D eigenvalue weighted by Gasteiger charge is -2.01. The number of aromatic nitrogens is 3. The quantitative estimate of drug-likeness (QED) is 0.362. The Morgan fingerprint density at radius 3 is 2.42 bits per heavy atom. The predicted octanol–water partition coefficient (Wildman–Crippen LogP) is 4.10. The number of thiazole rings is 1. The van der Waals surface area contributed by atoms with Crippen LogP contribution in [0.1, 0.15) is 21.5 Å². The van der Waals surface area contributed by atoms with E-state index >= 15 is 0 Å². The van der Waals surface area contributed by atoms with Crippen LogP contribution in [0, 0.1) is 6.92 Å². The number of aryl methyl sites for hydroxylation is 1. The van der Waals surface area contributed by atoms with Gasteiger partial charge in [-0.2, -0.15) is 5.10 Å². The first-order valence-electron chi connectivity index (χ1n) is 11.3. The van der Waals surface area contributed by atoms with E-state index < -0.39 is 0 Å². The van der Waals surface area contributed by atoms with Crippen LogP contribution in [-0.2, 0) is 0 Å². The number of ketones is 1. The van der Waals surface area contributed by atoms with Gasteiger partial charge in [0.05, 0.1) is 27.7 Å². The lowest BCUT2D eigenvalue weighted by atomic mass is 10.1. The SMILES string of the molecule is COc1ccc(C(=O)/C=c2\[nH]c(=O)/c(=C\c3cn(-c4ccccc4)nc3-c3ccc(C)cc3)s2)cc1. The molecule has 0 spiro atoms. The zero-order valence-electron chi connectivity index (χ0n) is 19.8. The summed E-state index contributed by atoms with van der Waals surface area (Å²) < 4.78 is 7.93. The normalized spacial score (nSPS) is 12.2. The van der Waals surface area contributed by atoms with Crippen LogP contribution in [0.3, 0.4) is 0 Å². The van der Waals surface area contributed by atoms with Gasteiger partial charge < -0.3 is 9.72 Å². The molecule has 5 rings (SSSR count). The van der Waals surface area contributed by atoms with Gasteiger partial charge in [0.2, 0.25) is 0 Å². The highest BCUT2D eigenvalue weighted by atomic mass is 32.1. The molecular formula is C29H23N3O3S. The number of aromatic amines is 1. The summed E-state index contributed by atoms with van der Waals surface area (Å²) in [4.78, 5) is 28.2. The number of benzene rings is 3. The van der Waals surface area contributed by atoms with Crippen LogP contribution in [0.4, 0.5) is 0 Å². The van der Waals surface area contributed by atoms with E-state index in [0.29, 0.717) is 20.5 Å². The maximum atomic E-state index is 12.8. The Morgan fingerprint density at radius 2 is 1.72 bits per heavy atom. The van der Waals surface area contributed by atoms with E-state index in [4.69, 9.17) is 9.84 Å². The fraction of sp³-hybridized carbons (Fsp3) is 0.0690. The van der Waals surface area contributed by atoms with Gasteiger partial charge in [-0.3, -0.25) is 9.59 Å². The number of ether oxygens (including phenoxy) is 1. The van der Waals surface area contributed by atoms with Crippen molar-refractivity contribution in [3.05, 3.63) is 121 Å². The van der Waals surface area contributed by atoms with Crippen LogP contribution in [-0.4, -0.2) is 27.7 Å². The third-order valence-corrected chi connectivity index (χ3v) is 6.66. The van der Waals surface area contributed by atoms with Gasteiger partial charge in [-0.05, 0) is 49.4 Å². The summed E-state index contributed by atoms with van der Waals surface area (Å²) in [5.74, 6) is 0.479. The van der Waals surface area contributed by atoms with E-state index in [-0.39, 0.29) is 11.3 Å². The molecule has 2 aromatic heterocycles. The van der Waals surface area contributed by atoms with E-state index in [1.165, 1.54) is 17.4 Å². The molecule has 36 heavy (non-hydrogen) atoms. The molecule has 0 amide bonds. The summed E-state index contributed by atoms with van der Waals surface area (Å²) in [6.45, 7) is 2.04. The molecular weight excluding hydrogens is 470 g/mol. The van der Waals surface area contributed by atoms with Crippen LogP contribution < -0.4 is 19.5 Å². The third-order valence-electron chi connectivity index (χ3n) is 5.69. The smallest absolute Gasteiger partial charge is 0.266 e. The maximum Gasteiger partial charge on any atom is 0.266 e. The number of hydrogen-bond donors (Lipinski definition) is 1. The van der Waals surface area contributed by atoms with Crippen molar-refractivity contribution in [2.24, 2.45) is 0 Å². The average Bonchev–Trinajstić information content (AvgIpc) is 3.48.